The lowest BCUT2D eigenvalue weighted by Gasteiger charge is -2.39. The van der Waals surface area contributed by atoms with Gasteiger partial charge in [-0.3, -0.25) is 0 Å². The first-order chi connectivity index (χ1) is 9.94. The van der Waals surface area contributed by atoms with Crippen LogP contribution < -0.4 is 0 Å². The highest BCUT2D eigenvalue weighted by atomic mass is 16.7. The Labute approximate surface area is 126 Å². The number of nitrogens with zero attached hydrogens (tertiary/aromatic N) is 1. The van der Waals surface area contributed by atoms with E-state index >= 15 is 0 Å². The molecule has 0 aliphatic carbocycles. The third-order valence-electron chi connectivity index (χ3n) is 3.38. The van der Waals surface area contributed by atoms with E-state index in [0.29, 0.717) is 26.3 Å². The largest absolute Gasteiger partial charge is 0.444 e. The van der Waals surface area contributed by atoms with Gasteiger partial charge in [-0.05, 0) is 40.0 Å². The highest BCUT2D eigenvalue weighted by Crippen LogP contribution is 2.17. The van der Waals surface area contributed by atoms with Crippen LogP contribution in [0.3, 0.4) is 0 Å². The molecule has 1 amide bonds. The van der Waals surface area contributed by atoms with E-state index in [2.05, 4.69) is 0 Å². The fraction of sp³-hybridized carbons (Fsp3) is 0.933. The molecular formula is C15H27NO5. The van der Waals surface area contributed by atoms with Crippen molar-refractivity contribution in [3.8, 4) is 0 Å². The van der Waals surface area contributed by atoms with Crippen LogP contribution in [-0.4, -0.2) is 61.9 Å². The summed E-state index contributed by atoms with van der Waals surface area (Å²) in [6.07, 6.45) is 3.01. The van der Waals surface area contributed by atoms with Crippen molar-refractivity contribution in [2.24, 2.45) is 0 Å². The molecule has 6 nitrogen and oxygen atoms in total. The first kappa shape index (κ1) is 16.5. The molecule has 2 aliphatic rings. The molecule has 0 aromatic rings. The van der Waals surface area contributed by atoms with E-state index in [1.165, 1.54) is 6.42 Å². The van der Waals surface area contributed by atoms with Gasteiger partial charge in [-0.2, -0.15) is 0 Å². The lowest BCUT2D eigenvalue weighted by Crippen LogP contribution is -2.56. The third kappa shape index (κ3) is 5.80. The minimum atomic E-state index is -0.448. The second-order valence-electron chi connectivity index (χ2n) is 6.55. The van der Waals surface area contributed by atoms with E-state index in [1.807, 2.05) is 20.8 Å². The van der Waals surface area contributed by atoms with Crippen LogP contribution in [-0.2, 0) is 18.9 Å². The number of carbonyl (C=O) groups excluding carboxylic acids is 1. The summed E-state index contributed by atoms with van der Waals surface area (Å²) in [6, 6.07) is 0. The van der Waals surface area contributed by atoms with E-state index in [0.717, 1.165) is 19.4 Å². The van der Waals surface area contributed by atoms with Crippen molar-refractivity contribution in [2.45, 2.75) is 58.0 Å². The quantitative estimate of drug-likeness (QED) is 0.728. The van der Waals surface area contributed by atoms with E-state index in [-0.39, 0.29) is 18.5 Å². The van der Waals surface area contributed by atoms with Crippen molar-refractivity contribution in [2.75, 3.05) is 32.9 Å². The molecule has 2 aliphatic heterocycles. The average Bonchev–Trinajstić information content (AvgIpc) is 2.35. The van der Waals surface area contributed by atoms with Crippen molar-refractivity contribution in [3.63, 3.8) is 0 Å². The molecule has 0 radical (unpaired) electrons. The first-order valence-electron chi connectivity index (χ1n) is 7.77. The number of likely N-dealkylation sites (tertiary alicyclic amines) is 1. The minimum Gasteiger partial charge on any atom is -0.444 e. The SMILES string of the molecule is CC(C)(C)OC(=O)N1CC(OCCOC2CCCCO2)C1. The Hall–Kier alpha value is -0.850. The Bertz CT molecular complexity index is 329. The number of hydrogen-bond donors (Lipinski definition) is 0. The second kappa shape index (κ2) is 7.42. The number of carbonyl (C=O) groups is 1. The third-order valence-corrected chi connectivity index (χ3v) is 3.38. The van der Waals surface area contributed by atoms with Crippen molar-refractivity contribution >= 4 is 6.09 Å². The molecule has 1 unspecified atom stereocenters. The number of rotatable bonds is 5. The molecule has 0 bridgehead atoms. The van der Waals surface area contributed by atoms with Crippen LogP contribution in [0.2, 0.25) is 0 Å². The van der Waals surface area contributed by atoms with E-state index < -0.39 is 5.60 Å². The number of hydrogen-bond acceptors (Lipinski definition) is 5. The van der Waals surface area contributed by atoms with Gasteiger partial charge in [0.25, 0.3) is 0 Å². The average molecular weight is 301 g/mol. The summed E-state index contributed by atoms with van der Waals surface area (Å²) in [7, 11) is 0. The van der Waals surface area contributed by atoms with Gasteiger partial charge in [-0.1, -0.05) is 0 Å². The molecule has 1 atom stereocenters. The zero-order valence-electron chi connectivity index (χ0n) is 13.3. The van der Waals surface area contributed by atoms with Crippen molar-refractivity contribution in [1.82, 2.24) is 4.90 Å². The van der Waals surface area contributed by atoms with Gasteiger partial charge in [0.15, 0.2) is 6.29 Å². The van der Waals surface area contributed by atoms with Gasteiger partial charge in [0.2, 0.25) is 0 Å². The summed E-state index contributed by atoms with van der Waals surface area (Å²) in [5.41, 5.74) is -0.448. The van der Waals surface area contributed by atoms with Gasteiger partial charge in [-0.25, -0.2) is 4.79 Å². The molecule has 2 heterocycles. The Kier molecular flexibility index (Phi) is 5.84. The zero-order valence-corrected chi connectivity index (χ0v) is 13.3. The monoisotopic (exact) mass is 301 g/mol. The lowest BCUT2D eigenvalue weighted by atomic mass is 10.2. The predicted octanol–water partition coefficient (Wildman–Crippen LogP) is 2.17. The van der Waals surface area contributed by atoms with Crippen LogP contribution >= 0.6 is 0 Å². The molecule has 122 valence electrons. The van der Waals surface area contributed by atoms with E-state index in [4.69, 9.17) is 18.9 Å². The van der Waals surface area contributed by atoms with Gasteiger partial charge < -0.3 is 23.8 Å². The van der Waals surface area contributed by atoms with Crippen LogP contribution in [0, 0.1) is 0 Å². The van der Waals surface area contributed by atoms with E-state index in [1.54, 1.807) is 4.90 Å². The molecule has 2 fully saturated rings. The molecule has 21 heavy (non-hydrogen) atoms. The van der Waals surface area contributed by atoms with Crippen LogP contribution in [0.4, 0.5) is 4.79 Å². The van der Waals surface area contributed by atoms with Crippen molar-refractivity contribution in [3.05, 3.63) is 0 Å². The van der Waals surface area contributed by atoms with Crippen molar-refractivity contribution < 1.29 is 23.7 Å². The van der Waals surface area contributed by atoms with E-state index in [9.17, 15) is 4.79 Å². The molecule has 0 saturated carbocycles. The fourth-order valence-corrected chi connectivity index (χ4v) is 2.26. The van der Waals surface area contributed by atoms with Crippen LogP contribution in [0.5, 0.6) is 0 Å². The number of amides is 1. The van der Waals surface area contributed by atoms with Gasteiger partial charge in [0.1, 0.15) is 5.60 Å². The molecule has 0 N–H and O–H groups in total. The molecule has 2 rings (SSSR count). The first-order valence-corrected chi connectivity index (χ1v) is 7.77. The Balaban J connectivity index is 1.49. The van der Waals surface area contributed by atoms with Crippen LogP contribution in [0.25, 0.3) is 0 Å². The summed E-state index contributed by atoms with van der Waals surface area (Å²) in [4.78, 5) is 13.4. The Morgan fingerprint density at radius 2 is 1.90 bits per heavy atom. The molecule has 0 aromatic carbocycles. The zero-order chi connectivity index (χ0) is 15.3. The topological polar surface area (TPSA) is 57.2 Å². The minimum absolute atomic E-state index is 0.0676. The summed E-state index contributed by atoms with van der Waals surface area (Å²) < 4.78 is 22.0. The van der Waals surface area contributed by atoms with Gasteiger partial charge >= 0.3 is 6.09 Å². The van der Waals surface area contributed by atoms with Gasteiger partial charge in [0.05, 0.1) is 32.4 Å². The Morgan fingerprint density at radius 1 is 1.19 bits per heavy atom. The predicted molar refractivity (Wildman–Crippen MR) is 77.1 cm³/mol. The lowest BCUT2D eigenvalue weighted by molar-refractivity contribution is -0.175. The smallest absolute Gasteiger partial charge is 0.410 e. The molecule has 6 heteroatoms. The maximum atomic E-state index is 11.7. The fourth-order valence-electron chi connectivity index (χ4n) is 2.26. The standard InChI is InChI=1S/C15H27NO5/c1-15(2,3)21-14(17)16-10-12(11-16)18-8-9-20-13-6-4-5-7-19-13/h12-13H,4-11H2,1-3H3. The highest BCUT2D eigenvalue weighted by Gasteiger charge is 2.34. The summed E-state index contributed by atoms with van der Waals surface area (Å²) >= 11 is 0. The maximum Gasteiger partial charge on any atom is 0.410 e. The Morgan fingerprint density at radius 3 is 2.52 bits per heavy atom. The molecular weight excluding hydrogens is 274 g/mol. The normalized spacial score (nSPS) is 23.8. The summed E-state index contributed by atoms with van der Waals surface area (Å²) in [5.74, 6) is 0. The molecule has 0 spiro atoms. The van der Waals surface area contributed by atoms with Crippen LogP contribution in [0.15, 0.2) is 0 Å². The summed E-state index contributed by atoms with van der Waals surface area (Å²) in [5, 5.41) is 0. The number of ether oxygens (including phenoxy) is 4. The van der Waals surface area contributed by atoms with Crippen molar-refractivity contribution in [1.29, 1.82) is 0 Å². The molecule has 0 aromatic heterocycles. The van der Waals surface area contributed by atoms with Gasteiger partial charge in [-0.15, -0.1) is 0 Å². The van der Waals surface area contributed by atoms with Crippen LogP contribution in [0.1, 0.15) is 40.0 Å². The molecule has 2 saturated heterocycles. The maximum absolute atomic E-state index is 11.7. The highest BCUT2D eigenvalue weighted by molar-refractivity contribution is 5.69. The second-order valence-corrected chi connectivity index (χ2v) is 6.55. The summed E-state index contributed by atoms with van der Waals surface area (Å²) in [6.45, 7) is 8.64. The van der Waals surface area contributed by atoms with Gasteiger partial charge in [0, 0.05) is 6.61 Å².